The summed E-state index contributed by atoms with van der Waals surface area (Å²) in [6, 6.07) is -0.912. The van der Waals surface area contributed by atoms with Crippen molar-refractivity contribution in [2.45, 2.75) is 280 Å². The van der Waals surface area contributed by atoms with Crippen LogP contribution in [0.2, 0.25) is 0 Å². The summed E-state index contributed by atoms with van der Waals surface area (Å²) in [5.41, 5.74) is 0. The van der Waals surface area contributed by atoms with E-state index < -0.39 is 86.8 Å². The number of unbranched alkanes of at least 4 members (excludes halogenated alkanes) is 24. The predicted molar refractivity (Wildman–Crippen MR) is 277 cm³/mol. The average molecular weight is 996 g/mol. The van der Waals surface area contributed by atoms with E-state index in [0.29, 0.717) is 6.42 Å². The Morgan fingerprint density at radius 3 is 1.44 bits per heavy atom. The highest BCUT2D eigenvalue weighted by Crippen LogP contribution is 2.30. The molecule has 408 valence electrons. The van der Waals surface area contributed by atoms with E-state index in [9.17, 15) is 45.6 Å². The summed E-state index contributed by atoms with van der Waals surface area (Å²) in [6.07, 6.45) is 34.9. The van der Waals surface area contributed by atoms with Crippen molar-refractivity contribution in [1.29, 1.82) is 0 Å². The first-order valence-electron chi connectivity index (χ1n) is 27.9. The lowest BCUT2D eigenvalue weighted by Gasteiger charge is -2.46. The number of rotatable bonds is 43. The van der Waals surface area contributed by atoms with Gasteiger partial charge in [0.2, 0.25) is 5.91 Å². The van der Waals surface area contributed by atoms with E-state index in [1.807, 2.05) is 6.08 Å². The molecule has 0 saturated carbocycles. The molecular formula is C56H101NO13. The van der Waals surface area contributed by atoms with Gasteiger partial charge in [-0.15, -0.1) is 0 Å². The minimum atomic E-state index is -1.79. The molecule has 0 aromatic carbocycles. The van der Waals surface area contributed by atoms with Crippen LogP contribution in [0.15, 0.2) is 48.6 Å². The van der Waals surface area contributed by atoms with Crippen LogP contribution in [0.1, 0.15) is 206 Å². The molecule has 0 aromatic rings. The number of nitrogens with one attached hydrogen (secondary N) is 1. The van der Waals surface area contributed by atoms with Crippen molar-refractivity contribution in [3.8, 4) is 0 Å². The van der Waals surface area contributed by atoms with E-state index in [0.717, 1.165) is 64.2 Å². The monoisotopic (exact) mass is 996 g/mol. The molecule has 2 heterocycles. The zero-order chi connectivity index (χ0) is 51.0. The fourth-order valence-corrected chi connectivity index (χ4v) is 8.94. The first kappa shape index (κ1) is 64.1. The fourth-order valence-electron chi connectivity index (χ4n) is 8.94. The highest BCUT2D eigenvalue weighted by molar-refractivity contribution is 5.76. The van der Waals surface area contributed by atoms with Crippen molar-refractivity contribution in [1.82, 2.24) is 5.32 Å². The third-order valence-electron chi connectivity index (χ3n) is 13.5. The number of hydrogen-bond acceptors (Lipinski definition) is 13. The van der Waals surface area contributed by atoms with Crippen LogP contribution < -0.4 is 5.32 Å². The van der Waals surface area contributed by atoms with E-state index >= 15 is 0 Å². The smallest absolute Gasteiger partial charge is 0.220 e. The van der Waals surface area contributed by atoms with Gasteiger partial charge in [0.25, 0.3) is 0 Å². The molecule has 0 radical (unpaired) electrons. The molecule has 14 nitrogen and oxygen atoms in total. The molecule has 70 heavy (non-hydrogen) atoms. The minimum absolute atomic E-state index is 0.246. The average Bonchev–Trinajstić information content (AvgIpc) is 3.36. The molecule has 2 aliphatic heterocycles. The topological polar surface area (TPSA) is 228 Å². The number of hydrogen-bond donors (Lipinski definition) is 9. The standard InChI is InChI=1S/C56H101NO13/c1-3-5-7-9-11-12-13-14-15-16-17-18-19-20-21-22-23-24-25-26-27-28-29-30-31-32-34-36-38-40-48(61)57-44(45(60)39-37-35-33-10-8-6-4-2)43-67-55-53(66)51(64)54(47(42-59)69-55)70-56-52(65)50(63)49(62)46(41-58)68-56/h13-14,16-17,19-20,37,39,44-47,49-56,58-60,62-66H,3-12,15,18,21-36,38,40-43H2,1-2H3,(H,57,61)/b14-13-,17-16-,20-19-,39-37+. The second kappa shape index (κ2) is 42.3. The summed E-state index contributed by atoms with van der Waals surface area (Å²) in [5.74, 6) is -0.246. The Morgan fingerprint density at radius 2 is 0.943 bits per heavy atom. The molecular weight excluding hydrogens is 895 g/mol. The first-order valence-corrected chi connectivity index (χ1v) is 27.9. The van der Waals surface area contributed by atoms with Gasteiger partial charge in [-0.2, -0.15) is 0 Å². The van der Waals surface area contributed by atoms with Crippen LogP contribution in [0.25, 0.3) is 0 Å². The van der Waals surface area contributed by atoms with E-state index in [1.54, 1.807) is 6.08 Å². The largest absolute Gasteiger partial charge is 0.394 e. The zero-order valence-corrected chi connectivity index (χ0v) is 43.5. The van der Waals surface area contributed by atoms with Crippen LogP contribution >= 0.6 is 0 Å². The second-order valence-corrected chi connectivity index (χ2v) is 19.7. The van der Waals surface area contributed by atoms with Gasteiger partial charge in [0.05, 0.1) is 32.0 Å². The van der Waals surface area contributed by atoms with Crippen molar-refractivity contribution in [3.05, 3.63) is 48.6 Å². The molecule has 2 rings (SSSR count). The van der Waals surface area contributed by atoms with Crippen molar-refractivity contribution in [2.75, 3.05) is 19.8 Å². The van der Waals surface area contributed by atoms with Gasteiger partial charge in [-0.3, -0.25) is 4.79 Å². The normalized spacial score (nSPS) is 26.3. The van der Waals surface area contributed by atoms with Gasteiger partial charge < -0.3 is 65.1 Å². The SMILES string of the molecule is CCCCCCC/C=C\C/C=C\C/C=C\CCCCCCCCCCCCCCCCC(=O)NC(COC1OC(CO)C(OC2OC(CO)C(O)C(O)C2O)C(O)C1O)C(O)/C=C/CCCCCCC. The Bertz CT molecular complexity index is 1360. The maximum atomic E-state index is 13.1. The maximum absolute atomic E-state index is 13.1. The summed E-state index contributed by atoms with van der Waals surface area (Å²) in [5, 5.41) is 86.5. The third kappa shape index (κ3) is 28.4. The van der Waals surface area contributed by atoms with Crippen LogP contribution in [0.5, 0.6) is 0 Å². The Morgan fingerprint density at radius 1 is 0.514 bits per heavy atom. The van der Waals surface area contributed by atoms with E-state index in [1.165, 1.54) is 116 Å². The lowest BCUT2D eigenvalue weighted by Crippen LogP contribution is -2.65. The van der Waals surface area contributed by atoms with Gasteiger partial charge >= 0.3 is 0 Å². The third-order valence-corrected chi connectivity index (χ3v) is 13.5. The number of aliphatic hydroxyl groups is 8. The molecule has 0 aliphatic carbocycles. The molecule has 2 aliphatic rings. The Balaban J connectivity index is 1.63. The Hall–Kier alpha value is -2.05. The molecule has 0 bridgehead atoms. The summed E-state index contributed by atoms with van der Waals surface area (Å²) in [4.78, 5) is 13.1. The van der Waals surface area contributed by atoms with E-state index in [-0.39, 0.29) is 18.9 Å². The van der Waals surface area contributed by atoms with E-state index in [2.05, 4.69) is 55.6 Å². The van der Waals surface area contributed by atoms with Crippen LogP contribution in [-0.4, -0.2) is 140 Å². The molecule has 12 unspecified atom stereocenters. The number of aliphatic hydroxyl groups excluding tert-OH is 8. The van der Waals surface area contributed by atoms with Gasteiger partial charge in [-0.1, -0.05) is 191 Å². The second-order valence-electron chi connectivity index (χ2n) is 19.7. The van der Waals surface area contributed by atoms with Gasteiger partial charge in [0.15, 0.2) is 12.6 Å². The highest BCUT2D eigenvalue weighted by Gasteiger charge is 2.51. The van der Waals surface area contributed by atoms with E-state index in [4.69, 9.17) is 18.9 Å². The lowest BCUT2D eigenvalue weighted by molar-refractivity contribution is -0.359. The summed E-state index contributed by atoms with van der Waals surface area (Å²) >= 11 is 0. The molecule has 14 heteroatoms. The summed E-state index contributed by atoms with van der Waals surface area (Å²) < 4.78 is 22.6. The quantitative estimate of drug-likeness (QED) is 0.0207. The molecule has 1 amide bonds. The fraction of sp³-hybridized carbons (Fsp3) is 0.839. The predicted octanol–water partition coefficient (Wildman–Crippen LogP) is 8.44. The molecule has 9 N–H and O–H groups in total. The van der Waals surface area contributed by atoms with Crippen LogP contribution in [0.3, 0.4) is 0 Å². The van der Waals surface area contributed by atoms with Gasteiger partial charge in [-0.25, -0.2) is 0 Å². The van der Waals surface area contributed by atoms with Crippen molar-refractivity contribution < 1.29 is 64.6 Å². The van der Waals surface area contributed by atoms with Crippen LogP contribution in [0.4, 0.5) is 0 Å². The Labute approximate surface area is 423 Å². The van der Waals surface area contributed by atoms with Gasteiger partial charge in [0, 0.05) is 6.42 Å². The van der Waals surface area contributed by atoms with Gasteiger partial charge in [0.1, 0.15) is 48.8 Å². The number of ether oxygens (including phenoxy) is 4. The molecule has 12 atom stereocenters. The number of allylic oxidation sites excluding steroid dienone is 7. The molecule has 2 saturated heterocycles. The number of carbonyl (C=O) groups is 1. The van der Waals surface area contributed by atoms with Crippen LogP contribution in [0, 0.1) is 0 Å². The van der Waals surface area contributed by atoms with Crippen molar-refractivity contribution in [3.63, 3.8) is 0 Å². The zero-order valence-electron chi connectivity index (χ0n) is 43.5. The summed E-state index contributed by atoms with van der Waals surface area (Å²) in [7, 11) is 0. The summed E-state index contributed by atoms with van der Waals surface area (Å²) in [6.45, 7) is 2.70. The molecule has 2 fully saturated rings. The molecule has 0 spiro atoms. The van der Waals surface area contributed by atoms with Crippen LogP contribution in [-0.2, 0) is 23.7 Å². The van der Waals surface area contributed by atoms with Crippen molar-refractivity contribution >= 4 is 5.91 Å². The van der Waals surface area contributed by atoms with Crippen molar-refractivity contribution in [2.24, 2.45) is 0 Å². The maximum Gasteiger partial charge on any atom is 0.220 e. The first-order chi connectivity index (χ1) is 34.1. The van der Waals surface area contributed by atoms with Gasteiger partial charge in [-0.05, 0) is 57.8 Å². The Kier molecular flexibility index (Phi) is 38.7. The minimum Gasteiger partial charge on any atom is -0.394 e. The lowest BCUT2D eigenvalue weighted by atomic mass is 9.97. The molecule has 0 aromatic heterocycles. The highest BCUT2D eigenvalue weighted by atomic mass is 16.7. The number of amides is 1. The number of carbonyl (C=O) groups excluding carboxylic acids is 1.